The van der Waals surface area contributed by atoms with Gasteiger partial charge in [-0.2, -0.15) is 0 Å². The molecule has 0 aliphatic rings. The van der Waals surface area contributed by atoms with Crippen molar-refractivity contribution >= 4 is 17.8 Å². The summed E-state index contributed by atoms with van der Waals surface area (Å²) in [5.41, 5.74) is 21.8. The normalized spacial score (nSPS) is 11.6. The van der Waals surface area contributed by atoms with Crippen LogP contribution in [0.5, 0.6) is 0 Å². The van der Waals surface area contributed by atoms with Gasteiger partial charge >= 0.3 is 5.97 Å². The molecule has 0 aliphatic heterocycles. The van der Waals surface area contributed by atoms with Gasteiger partial charge in [0.25, 0.3) is 0 Å². The SMILES string of the molecule is NCCOCCN(CCOCCN)CC(=O)NCCOCCN(CCOCCNC(=O)CN(CCOCCN)CCOCCN)CC(=O)O. The third kappa shape index (κ3) is 32.8. The molecule has 0 spiro atoms. The number of rotatable bonds is 38. The van der Waals surface area contributed by atoms with E-state index in [0.29, 0.717) is 131 Å². The minimum Gasteiger partial charge on any atom is -0.480 e. The van der Waals surface area contributed by atoms with E-state index in [-0.39, 0.29) is 57.9 Å². The van der Waals surface area contributed by atoms with Crippen molar-refractivity contribution in [3.63, 3.8) is 0 Å². The van der Waals surface area contributed by atoms with Crippen LogP contribution in [-0.2, 0) is 42.8 Å². The summed E-state index contributed by atoms with van der Waals surface area (Å²) in [6.45, 7) is 10.3. The molecule has 0 rings (SSSR count). The minimum atomic E-state index is -0.961. The number of amides is 2. The fourth-order valence-electron chi connectivity index (χ4n) is 4.15. The predicted molar refractivity (Wildman–Crippen MR) is 184 cm³/mol. The van der Waals surface area contributed by atoms with Gasteiger partial charge in [-0.1, -0.05) is 0 Å². The number of carboxylic acid groups (broad SMARTS) is 1. The van der Waals surface area contributed by atoms with Crippen LogP contribution in [0.15, 0.2) is 0 Å². The van der Waals surface area contributed by atoms with Crippen LogP contribution in [0.1, 0.15) is 0 Å². The number of nitrogens with zero attached hydrogens (tertiary/aromatic N) is 3. The van der Waals surface area contributed by atoms with Gasteiger partial charge in [0.1, 0.15) is 0 Å². The lowest BCUT2D eigenvalue weighted by atomic mass is 10.4. The lowest BCUT2D eigenvalue weighted by Crippen LogP contribution is -2.42. The van der Waals surface area contributed by atoms with Crippen LogP contribution in [0.4, 0.5) is 0 Å². The molecule has 0 fully saturated rings. The summed E-state index contributed by atoms with van der Waals surface area (Å²) in [7, 11) is 0. The highest BCUT2D eigenvalue weighted by Crippen LogP contribution is 1.94. The van der Waals surface area contributed by atoms with E-state index in [1.54, 1.807) is 4.90 Å². The second-order valence-electron chi connectivity index (χ2n) is 10.8. The van der Waals surface area contributed by atoms with E-state index in [9.17, 15) is 19.5 Å². The Balaban J connectivity index is 4.26. The van der Waals surface area contributed by atoms with Gasteiger partial charge < -0.3 is 67.1 Å². The van der Waals surface area contributed by atoms with Crippen LogP contribution in [0.25, 0.3) is 0 Å². The fraction of sp³-hybridized carbons (Fsp3) is 0.900. The lowest BCUT2D eigenvalue weighted by Gasteiger charge is -2.22. The summed E-state index contributed by atoms with van der Waals surface area (Å²) in [5.74, 6) is -1.27. The topological polar surface area (TPSA) is 265 Å². The summed E-state index contributed by atoms with van der Waals surface area (Å²) in [5, 5.41) is 14.9. The van der Waals surface area contributed by atoms with Gasteiger partial charge in [0.15, 0.2) is 0 Å². The molecule has 0 atom stereocenters. The van der Waals surface area contributed by atoms with Crippen LogP contribution in [0, 0.1) is 0 Å². The first kappa shape index (κ1) is 46.9. The van der Waals surface area contributed by atoms with Gasteiger partial charge in [-0.15, -0.1) is 0 Å². The summed E-state index contributed by atoms with van der Waals surface area (Å²) in [6, 6.07) is 0. The van der Waals surface area contributed by atoms with Crippen molar-refractivity contribution in [3.05, 3.63) is 0 Å². The van der Waals surface area contributed by atoms with E-state index in [2.05, 4.69) is 10.6 Å². The maximum absolute atomic E-state index is 12.4. The van der Waals surface area contributed by atoms with Crippen molar-refractivity contribution in [2.24, 2.45) is 22.9 Å². The fourth-order valence-corrected chi connectivity index (χ4v) is 4.15. The highest BCUT2D eigenvalue weighted by atomic mass is 16.5. The average Bonchev–Trinajstić information content (AvgIpc) is 3.07. The molecule has 0 bridgehead atoms. The Morgan fingerprint density at radius 2 is 0.694 bits per heavy atom. The Labute approximate surface area is 291 Å². The number of carboxylic acids is 1. The third-order valence-corrected chi connectivity index (χ3v) is 6.59. The molecule has 0 heterocycles. The number of aliphatic carboxylic acids is 1. The molecule has 11 N–H and O–H groups in total. The summed E-state index contributed by atoms with van der Waals surface area (Å²) in [6.07, 6.45) is 0. The van der Waals surface area contributed by atoms with E-state index in [1.807, 2.05) is 9.80 Å². The van der Waals surface area contributed by atoms with Gasteiger partial charge in [-0.25, -0.2) is 0 Å². The van der Waals surface area contributed by atoms with Crippen LogP contribution in [-0.4, -0.2) is 215 Å². The molecule has 0 unspecified atom stereocenters. The zero-order chi connectivity index (χ0) is 36.2. The van der Waals surface area contributed by atoms with E-state index < -0.39 is 5.97 Å². The number of ether oxygens (including phenoxy) is 6. The van der Waals surface area contributed by atoms with E-state index in [0.717, 1.165) is 0 Å². The minimum absolute atomic E-state index is 0.153. The second-order valence-corrected chi connectivity index (χ2v) is 10.8. The zero-order valence-corrected chi connectivity index (χ0v) is 29.4. The number of hydrogen-bond acceptors (Lipinski definition) is 16. The first-order valence-corrected chi connectivity index (χ1v) is 17.0. The van der Waals surface area contributed by atoms with Gasteiger partial charge in [-0.05, 0) is 0 Å². The Morgan fingerprint density at radius 3 is 0.959 bits per heavy atom. The van der Waals surface area contributed by atoms with E-state index >= 15 is 0 Å². The summed E-state index contributed by atoms with van der Waals surface area (Å²) < 4.78 is 32.9. The van der Waals surface area contributed by atoms with Crippen LogP contribution < -0.4 is 33.6 Å². The van der Waals surface area contributed by atoms with Crippen LogP contribution >= 0.6 is 0 Å². The van der Waals surface area contributed by atoms with Gasteiger partial charge in [0, 0.05) is 78.5 Å². The number of nitrogens with one attached hydrogen (secondary N) is 2. The predicted octanol–water partition coefficient (Wildman–Crippen LogP) is -4.86. The number of carbonyl (C=O) groups is 3. The average molecular weight is 712 g/mol. The molecule has 0 aromatic carbocycles. The standard InChI is InChI=1S/C30H65N9O10/c31-1-13-44-19-7-37(8-20-45-14-2-32)25-28(40)35-5-17-48-23-11-39(27-30(42)43)12-24-49-18-6-36-29(41)26-38(9-21-46-15-3-33)10-22-47-16-4-34/h1-27,31-34H2,(H,35,40)(H,36,41)(H,42,43). The van der Waals surface area contributed by atoms with Crippen molar-refractivity contribution in [2.45, 2.75) is 0 Å². The molecule has 0 saturated carbocycles. The molecule has 19 nitrogen and oxygen atoms in total. The molecular weight excluding hydrogens is 646 g/mol. The summed E-state index contributed by atoms with van der Waals surface area (Å²) in [4.78, 5) is 41.7. The largest absolute Gasteiger partial charge is 0.480 e. The maximum Gasteiger partial charge on any atom is 0.317 e. The van der Waals surface area contributed by atoms with Crippen molar-refractivity contribution in [1.29, 1.82) is 0 Å². The zero-order valence-electron chi connectivity index (χ0n) is 29.4. The van der Waals surface area contributed by atoms with Gasteiger partial charge in [0.2, 0.25) is 11.8 Å². The van der Waals surface area contributed by atoms with Crippen LogP contribution in [0.3, 0.4) is 0 Å². The number of nitrogens with two attached hydrogens (primary N) is 4. The summed E-state index contributed by atoms with van der Waals surface area (Å²) >= 11 is 0. The van der Waals surface area contributed by atoms with E-state index in [1.165, 1.54) is 0 Å². The third-order valence-electron chi connectivity index (χ3n) is 6.59. The molecule has 0 aromatic heterocycles. The molecule has 2 amide bonds. The highest BCUT2D eigenvalue weighted by Gasteiger charge is 2.13. The molecule has 0 aromatic rings. The molecular formula is C30H65N9O10. The maximum atomic E-state index is 12.4. The van der Waals surface area contributed by atoms with Crippen LogP contribution in [0.2, 0.25) is 0 Å². The van der Waals surface area contributed by atoms with Crippen molar-refractivity contribution < 1.29 is 47.9 Å². The van der Waals surface area contributed by atoms with Crippen molar-refractivity contribution in [2.75, 3.05) is 177 Å². The Kier molecular flexibility index (Phi) is 34.2. The Hall–Kier alpha value is -2.11. The molecule has 19 heteroatoms. The van der Waals surface area contributed by atoms with Gasteiger partial charge in [-0.3, -0.25) is 29.1 Å². The first-order chi connectivity index (χ1) is 23.9. The van der Waals surface area contributed by atoms with Gasteiger partial charge in [0.05, 0.1) is 98.9 Å². The second kappa shape index (κ2) is 35.7. The molecule has 0 saturated heterocycles. The van der Waals surface area contributed by atoms with E-state index in [4.69, 9.17) is 51.4 Å². The smallest absolute Gasteiger partial charge is 0.317 e. The quantitative estimate of drug-likeness (QED) is 0.0296. The number of carbonyl (C=O) groups excluding carboxylic acids is 2. The van der Waals surface area contributed by atoms with Crippen molar-refractivity contribution in [1.82, 2.24) is 25.3 Å². The monoisotopic (exact) mass is 711 g/mol. The molecule has 49 heavy (non-hydrogen) atoms. The molecule has 0 radical (unpaired) electrons. The first-order valence-electron chi connectivity index (χ1n) is 17.0. The lowest BCUT2D eigenvalue weighted by molar-refractivity contribution is -0.138. The highest BCUT2D eigenvalue weighted by molar-refractivity contribution is 5.78. The van der Waals surface area contributed by atoms with Crippen molar-refractivity contribution in [3.8, 4) is 0 Å². The Morgan fingerprint density at radius 1 is 0.429 bits per heavy atom. The number of hydrogen-bond donors (Lipinski definition) is 7. The Bertz CT molecular complexity index is 714. The molecule has 290 valence electrons. The molecule has 0 aliphatic carbocycles.